The third-order valence-electron chi connectivity index (χ3n) is 1.72. The minimum atomic E-state index is 0.200. The number of anilines is 1. The molecule has 1 rings (SSSR count). The molecule has 0 unspecified atom stereocenters. The molecule has 0 aliphatic carbocycles. The fourth-order valence-electron chi connectivity index (χ4n) is 1.05. The predicted octanol–water partition coefficient (Wildman–Crippen LogP) is 0.869. The summed E-state index contributed by atoms with van der Waals surface area (Å²) in [4.78, 5) is 1.90. The van der Waals surface area contributed by atoms with Gasteiger partial charge in [0.15, 0.2) is 5.84 Å². The molecule has 0 fully saturated rings. The molecule has 0 heterocycles. The fraction of sp³-hybridized carbons (Fsp3) is 0.222. The number of oxime groups is 1. The number of hydrogen-bond donors (Lipinski definition) is 2. The quantitative estimate of drug-likeness (QED) is 0.313. The van der Waals surface area contributed by atoms with Crippen LogP contribution in [0.4, 0.5) is 5.69 Å². The van der Waals surface area contributed by atoms with E-state index in [-0.39, 0.29) is 5.84 Å². The molecule has 0 radical (unpaired) electrons. The summed E-state index contributed by atoms with van der Waals surface area (Å²) in [6, 6.07) is 9.76. The molecule has 0 saturated carbocycles. The van der Waals surface area contributed by atoms with Gasteiger partial charge < -0.3 is 15.8 Å². The molecule has 13 heavy (non-hydrogen) atoms. The molecule has 0 spiro atoms. The summed E-state index contributed by atoms with van der Waals surface area (Å²) < 4.78 is 0. The van der Waals surface area contributed by atoms with Gasteiger partial charge in [0, 0.05) is 12.7 Å². The van der Waals surface area contributed by atoms with Gasteiger partial charge in [-0.25, -0.2) is 0 Å². The zero-order valence-electron chi connectivity index (χ0n) is 7.51. The average molecular weight is 179 g/mol. The number of benzene rings is 1. The Balaban J connectivity index is 2.64. The largest absolute Gasteiger partial charge is 0.409 e. The molecule has 4 nitrogen and oxygen atoms in total. The Bertz CT molecular complexity index is 284. The van der Waals surface area contributed by atoms with Gasteiger partial charge in [-0.15, -0.1) is 0 Å². The van der Waals surface area contributed by atoms with E-state index in [9.17, 15) is 0 Å². The van der Waals surface area contributed by atoms with Crippen molar-refractivity contribution < 1.29 is 5.21 Å². The predicted molar refractivity (Wildman–Crippen MR) is 53.1 cm³/mol. The molecule has 1 aromatic carbocycles. The molecular formula is C9H13N3O. The topological polar surface area (TPSA) is 61.8 Å². The van der Waals surface area contributed by atoms with Gasteiger partial charge >= 0.3 is 0 Å². The molecule has 0 amide bonds. The number of nitrogens with two attached hydrogens (primary N) is 1. The van der Waals surface area contributed by atoms with Crippen molar-refractivity contribution in [3.05, 3.63) is 30.3 Å². The smallest absolute Gasteiger partial charge is 0.158 e. The third-order valence-corrected chi connectivity index (χ3v) is 1.72. The van der Waals surface area contributed by atoms with Crippen LogP contribution in [-0.2, 0) is 0 Å². The molecule has 0 aliphatic heterocycles. The van der Waals surface area contributed by atoms with Crippen molar-refractivity contribution in [1.82, 2.24) is 0 Å². The molecular weight excluding hydrogens is 166 g/mol. The van der Waals surface area contributed by atoms with Crippen molar-refractivity contribution in [1.29, 1.82) is 0 Å². The van der Waals surface area contributed by atoms with Crippen LogP contribution >= 0.6 is 0 Å². The monoisotopic (exact) mass is 179 g/mol. The zero-order valence-corrected chi connectivity index (χ0v) is 7.51. The van der Waals surface area contributed by atoms with E-state index in [1.165, 1.54) is 0 Å². The lowest BCUT2D eigenvalue weighted by Crippen LogP contribution is -2.30. The van der Waals surface area contributed by atoms with Gasteiger partial charge in [-0.1, -0.05) is 23.4 Å². The van der Waals surface area contributed by atoms with E-state index in [2.05, 4.69) is 5.16 Å². The molecule has 70 valence electrons. The number of hydrogen-bond acceptors (Lipinski definition) is 3. The molecule has 0 aromatic heterocycles. The lowest BCUT2D eigenvalue weighted by molar-refractivity contribution is 0.317. The van der Waals surface area contributed by atoms with Gasteiger partial charge in [0.1, 0.15) is 0 Å². The summed E-state index contributed by atoms with van der Waals surface area (Å²) in [6.45, 7) is 0.417. The second-order valence-corrected chi connectivity index (χ2v) is 2.78. The summed E-state index contributed by atoms with van der Waals surface area (Å²) in [7, 11) is 1.88. The van der Waals surface area contributed by atoms with E-state index in [0.29, 0.717) is 6.54 Å². The number of amidine groups is 1. The second kappa shape index (κ2) is 4.35. The Morgan fingerprint density at radius 3 is 2.62 bits per heavy atom. The molecule has 0 saturated heterocycles. The van der Waals surface area contributed by atoms with Crippen LogP contribution in [0.2, 0.25) is 0 Å². The van der Waals surface area contributed by atoms with E-state index < -0.39 is 0 Å². The van der Waals surface area contributed by atoms with Gasteiger partial charge in [-0.3, -0.25) is 0 Å². The first-order valence-electron chi connectivity index (χ1n) is 3.96. The zero-order chi connectivity index (χ0) is 9.68. The lowest BCUT2D eigenvalue weighted by Gasteiger charge is -2.17. The Hall–Kier alpha value is -1.71. The minimum Gasteiger partial charge on any atom is -0.409 e. The van der Waals surface area contributed by atoms with Crippen molar-refractivity contribution >= 4 is 11.5 Å². The highest BCUT2D eigenvalue weighted by atomic mass is 16.4. The first-order valence-corrected chi connectivity index (χ1v) is 3.96. The summed E-state index contributed by atoms with van der Waals surface area (Å²) >= 11 is 0. The first-order chi connectivity index (χ1) is 6.24. The first kappa shape index (κ1) is 9.38. The van der Waals surface area contributed by atoms with Crippen molar-refractivity contribution in [3.8, 4) is 0 Å². The number of likely N-dealkylation sites (N-methyl/N-ethyl adjacent to an activating group) is 1. The average Bonchev–Trinajstić information content (AvgIpc) is 2.19. The summed E-state index contributed by atoms with van der Waals surface area (Å²) in [5, 5.41) is 11.3. The van der Waals surface area contributed by atoms with Gasteiger partial charge in [0.2, 0.25) is 0 Å². The maximum atomic E-state index is 8.37. The van der Waals surface area contributed by atoms with E-state index in [0.717, 1.165) is 5.69 Å². The van der Waals surface area contributed by atoms with Crippen LogP contribution in [-0.4, -0.2) is 24.6 Å². The molecule has 0 aliphatic rings. The maximum Gasteiger partial charge on any atom is 0.158 e. The van der Waals surface area contributed by atoms with Gasteiger partial charge in [-0.2, -0.15) is 0 Å². The molecule has 4 heteroatoms. The highest BCUT2D eigenvalue weighted by Crippen LogP contribution is 2.09. The number of rotatable bonds is 3. The molecule has 0 bridgehead atoms. The molecule has 3 N–H and O–H groups in total. The standard InChI is InChI=1S/C9H13N3O/c1-12(7-9(10)11-13)8-5-3-2-4-6-8/h2-6,13H,7H2,1H3,(H2,10,11). The van der Waals surface area contributed by atoms with Crippen LogP contribution < -0.4 is 10.6 Å². The highest BCUT2D eigenvalue weighted by Gasteiger charge is 2.01. The number of nitrogens with zero attached hydrogens (tertiary/aromatic N) is 2. The van der Waals surface area contributed by atoms with Crippen LogP contribution in [0.3, 0.4) is 0 Å². The van der Waals surface area contributed by atoms with Crippen LogP contribution in [0.5, 0.6) is 0 Å². The lowest BCUT2D eigenvalue weighted by atomic mass is 10.3. The summed E-state index contributed by atoms with van der Waals surface area (Å²) in [5.74, 6) is 0.200. The fourth-order valence-corrected chi connectivity index (χ4v) is 1.05. The third kappa shape index (κ3) is 2.66. The Morgan fingerprint density at radius 1 is 1.46 bits per heavy atom. The summed E-state index contributed by atoms with van der Waals surface area (Å²) in [6.07, 6.45) is 0. The SMILES string of the molecule is CN(C/C(N)=N/O)c1ccccc1. The van der Waals surface area contributed by atoms with Crippen molar-refractivity contribution in [2.24, 2.45) is 10.9 Å². The number of para-hydroxylation sites is 1. The Kier molecular flexibility index (Phi) is 3.14. The van der Waals surface area contributed by atoms with Crippen LogP contribution in [0.15, 0.2) is 35.5 Å². The van der Waals surface area contributed by atoms with E-state index in [4.69, 9.17) is 10.9 Å². The second-order valence-electron chi connectivity index (χ2n) is 2.78. The highest BCUT2D eigenvalue weighted by molar-refractivity contribution is 5.84. The van der Waals surface area contributed by atoms with Gasteiger partial charge in [-0.05, 0) is 12.1 Å². The van der Waals surface area contributed by atoms with Crippen LogP contribution in [0.1, 0.15) is 0 Å². The summed E-state index contributed by atoms with van der Waals surface area (Å²) in [5.41, 5.74) is 6.41. The van der Waals surface area contributed by atoms with E-state index >= 15 is 0 Å². The minimum absolute atomic E-state index is 0.200. The van der Waals surface area contributed by atoms with Gasteiger partial charge in [0.25, 0.3) is 0 Å². The van der Waals surface area contributed by atoms with Crippen molar-refractivity contribution in [3.63, 3.8) is 0 Å². The van der Waals surface area contributed by atoms with E-state index in [1.54, 1.807) is 0 Å². The Labute approximate surface area is 77.3 Å². The van der Waals surface area contributed by atoms with Crippen molar-refractivity contribution in [2.75, 3.05) is 18.5 Å². The van der Waals surface area contributed by atoms with Crippen LogP contribution in [0, 0.1) is 0 Å². The normalized spacial score (nSPS) is 11.3. The van der Waals surface area contributed by atoms with Gasteiger partial charge in [0.05, 0.1) is 6.54 Å². The molecule has 1 aromatic rings. The maximum absolute atomic E-state index is 8.37. The van der Waals surface area contributed by atoms with Crippen molar-refractivity contribution in [2.45, 2.75) is 0 Å². The van der Waals surface area contributed by atoms with Crippen LogP contribution in [0.25, 0.3) is 0 Å². The molecule has 0 atom stereocenters. The Morgan fingerprint density at radius 2 is 2.08 bits per heavy atom. The van der Waals surface area contributed by atoms with E-state index in [1.807, 2.05) is 42.3 Å².